The zero-order valence-corrected chi connectivity index (χ0v) is 6.24. The molecule has 0 aromatic carbocycles. The number of hydrogen-bond donors (Lipinski definition) is 1. The van der Waals surface area contributed by atoms with Gasteiger partial charge in [-0.25, -0.2) is 0 Å². The third kappa shape index (κ3) is 1.44. The van der Waals surface area contributed by atoms with Crippen molar-refractivity contribution in [2.24, 2.45) is 0 Å². The van der Waals surface area contributed by atoms with Crippen molar-refractivity contribution in [3.05, 3.63) is 11.9 Å². The van der Waals surface area contributed by atoms with E-state index in [1.807, 2.05) is 0 Å². The van der Waals surface area contributed by atoms with Crippen LogP contribution in [0.5, 0.6) is 5.75 Å². The van der Waals surface area contributed by atoms with Crippen molar-refractivity contribution in [1.29, 1.82) is 0 Å². The van der Waals surface area contributed by atoms with Crippen LogP contribution in [0.4, 0.5) is 0 Å². The molecule has 1 aromatic rings. The van der Waals surface area contributed by atoms with Gasteiger partial charge in [0.05, 0.1) is 6.20 Å². The lowest BCUT2D eigenvalue weighted by molar-refractivity contribution is 0.367. The second kappa shape index (κ2) is 2.97. The molecule has 1 aromatic heterocycles. The van der Waals surface area contributed by atoms with Crippen molar-refractivity contribution in [1.82, 2.24) is 9.89 Å². The second-order valence-corrected chi connectivity index (χ2v) is 2.03. The first-order valence-electron chi connectivity index (χ1n) is 3.11. The Labute approximate surface area is 64.9 Å². The number of nitrogens with two attached hydrogens (primary N) is 1. The van der Waals surface area contributed by atoms with Crippen molar-refractivity contribution in [2.45, 2.75) is 6.92 Å². The van der Waals surface area contributed by atoms with E-state index in [2.05, 4.69) is 11.0 Å². The van der Waals surface area contributed by atoms with Crippen LogP contribution in [-0.2, 0) is 0 Å². The van der Waals surface area contributed by atoms with Crippen molar-refractivity contribution in [3.8, 4) is 18.1 Å². The summed E-state index contributed by atoms with van der Waals surface area (Å²) in [5.41, 5.74) is 0.764. The summed E-state index contributed by atoms with van der Waals surface area (Å²) >= 11 is 0. The molecule has 0 spiro atoms. The summed E-state index contributed by atoms with van der Waals surface area (Å²) in [6.07, 6.45) is 6.53. The van der Waals surface area contributed by atoms with Gasteiger partial charge < -0.3 is 10.6 Å². The molecule has 0 fully saturated rings. The molecule has 0 aliphatic heterocycles. The van der Waals surface area contributed by atoms with Crippen LogP contribution in [0.3, 0.4) is 0 Å². The molecule has 0 amide bonds. The fourth-order valence-electron chi connectivity index (χ4n) is 0.669. The first-order chi connectivity index (χ1) is 5.25. The standard InChI is InChI=1S/C7H9N3O/c1-3-4-11-7-5-9-10(8)6(7)2/h1,5H,4,8H2,2H3. The molecule has 1 heterocycles. The monoisotopic (exact) mass is 151 g/mol. The molecule has 0 radical (unpaired) electrons. The van der Waals surface area contributed by atoms with Gasteiger partial charge in [-0.15, -0.1) is 6.42 Å². The smallest absolute Gasteiger partial charge is 0.163 e. The van der Waals surface area contributed by atoms with Gasteiger partial charge in [0.1, 0.15) is 12.3 Å². The minimum absolute atomic E-state index is 0.243. The second-order valence-electron chi connectivity index (χ2n) is 2.03. The van der Waals surface area contributed by atoms with Crippen LogP contribution in [0.25, 0.3) is 0 Å². The van der Waals surface area contributed by atoms with Crippen molar-refractivity contribution in [3.63, 3.8) is 0 Å². The molecule has 4 nitrogen and oxygen atoms in total. The lowest BCUT2D eigenvalue weighted by atomic mass is 10.4. The van der Waals surface area contributed by atoms with E-state index < -0.39 is 0 Å². The molecule has 0 bridgehead atoms. The fourth-order valence-corrected chi connectivity index (χ4v) is 0.669. The summed E-state index contributed by atoms with van der Waals surface area (Å²) in [6.45, 7) is 2.05. The molecular weight excluding hydrogens is 142 g/mol. The Balaban J connectivity index is 2.72. The van der Waals surface area contributed by atoms with Crippen LogP contribution in [0.1, 0.15) is 5.69 Å². The highest BCUT2D eigenvalue weighted by Crippen LogP contribution is 2.13. The van der Waals surface area contributed by atoms with Crippen molar-refractivity contribution in [2.75, 3.05) is 12.4 Å². The molecule has 0 atom stereocenters. The topological polar surface area (TPSA) is 53.1 Å². The average Bonchev–Trinajstić information content (AvgIpc) is 2.31. The van der Waals surface area contributed by atoms with E-state index in [0.717, 1.165) is 5.69 Å². The SMILES string of the molecule is C#CCOc1cnn(N)c1C. The van der Waals surface area contributed by atoms with Gasteiger partial charge in [0.25, 0.3) is 0 Å². The Morgan fingerprint density at radius 2 is 2.64 bits per heavy atom. The van der Waals surface area contributed by atoms with Crippen molar-refractivity contribution >= 4 is 0 Å². The number of nitrogen functional groups attached to an aromatic ring is 1. The predicted molar refractivity (Wildman–Crippen MR) is 41.4 cm³/mol. The van der Waals surface area contributed by atoms with E-state index in [0.29, 0.717) is 5.75 Å². The molecule has 11 heavy (non-hydrogen) atoms. The molecule has 0 unspecified atom stereocenters. The fraction of sp³-hybridized carbons (Fsp3) is 0.286. The molecule has 0 aliphatic rings. The van der Waals surface area contributed by atoms with Crippen LogP contribution in [0.15, 0.2) is 6.20 Å². The Morgan fingerprint density at radius 3 is 3.09 bits per heavy atom. The normalized spacial score (nSPS) is 9.09. The van der Waals surface area contributed by atoms with Gasteiger partial charge in [-0.05, 0) is 6.92 Å². The van der Waals surface area contributed by atoms with Crippen LogP contribution in [0.2, 0.25) is 0 Å². The number of rotatable bonds is 2. The highest BCUT2D eigenvalue weighted by molar-refractivity contribution is 5.23. The molecule has 0 saturated carbocycles. The van der Waals surface area contributed by atoms with Gasteiger partial charge in [-0.2, -0.15) is 9.89 Å². The summed E-state index contributed by atoms with van der Waals surface area (Å²) in [6, 6.07) is 0. The Kier molecular flexibility index (Phi) is 2.02. The summed E-state index contributed by atoms with van der Waals surface area (Å²) in [5, 5.41) is 3.77. The van der Waals surface area contributed by atoms with E-state index in [1.54, 1.807) is 6.92 Å². The summed E-state index contributed by atoms with van der Waals surface area (Å²) in [4.78, 5) is 1.24. The van der Waals surface area contributed by atoms with E-state index in [4.69, 9.17) is 17.0 Å². The maximum absolute atomic E-state index is 5.39. The Hall–Kier alpha value is -1.63. The van der Waals surface area contributed by atoms with E-state index >= 15 is 0 Å². The maximum atomic E-state index is 5.39. The number of hydrogen-bond acceptors (Lipinski definition) is 3. The molecule has 0 saturated heterocycles. The van der Waals surface area contributed by atoms with Crippen LogP contribution in [0, 0.1) is 19.3 Å². The molecule has 1 rings (SSSR count). The van der Waals surface area contributed by atoms with Gasteiger partial charge in [-0.3, -0.25) is 0 Å². The predicted octanol–water partition coefficient (Wildman–Crippen LogP) is -0.0827. The lowest BCUT2D eigenvalue weighted by Gasteiger charge is -1.98. The molecule has 4 heteroatoms. The Morgan fingerprint density at radius 1 is 1.91 bits per heavy atom. The summed E-state index contributed by atoms with van der Waals surface area (Å²) in [5.74, 6) is 8.37. The third-order valence-corrected chi connectivity index (χ3v) is 1.31. The number of aromatic nitrogens is 2. The number of ether oxygens (including phenoxy) is 1. The quantitative estimate of drug-likeness (QED) is 0.475. The highest BCUT2D eigenvalue weighted by atomic mass is 16.5. The van der Waals surface area contributed by atoms with Gasteiger partial charge >= 0.3 is 0 Å². The van der Waals surface area contributed by atoms with Gasteiger partial charge in [0.2, 0.25) is 0 Å². The van der Waals surface area contributed by atoms with Gasteiger partial charge in [0, 0.05) is 0 Å². The van der Waals surface area contributed by atoms with E-state index in [1.165, 1.54) is 11.0 Å². The van der Waals surface area contributed by atoms with Gasteiger partial charge in [0.15, 0.2) is 5.75 Å². The largest absolute Gasteiger partial charge is 0.477 e. The zero-order chi connectivity index (χ0) is 8.27. The summed E-state index contributed by atoms with van der Waals surface area (Å²) in [7, 11) is 0. The lowest BCUT2D eigenvalue weighted by Crippen LogP contribution is -2.11. The minimum atomic E-state index is 0.243. The first-order valence-corrected chi connectivity index (χ1v) is 3.11. The van der Waals surface area contributed by atoms with E-state index in [9.17, 15) is 0 Å². The zero-order valence-electron chi connectivity index (χ0n) is 6.24. The van der Waals surface area contributed by atoms with Crippen LogP contribution >= 0.6 is 0 Å². The molecular formula is C7H9N3O. The first kappa shape index (κ1) is 7.48. The van der Waals surface area contributed by atoms with Gasteiger partial charge in [-0.1, -0.05) is 5.92 Å². The number of nitrogens with zero attached hydrogens (tertiary/aromatic N) is 2. The van der Waals surface area contributed by atoms with Crippen molar-refractivity contribution < 1.29 is 4.74 Å². The third-order valence-electron chi connectivity index (χ3n) is 1.31. The molecule has 2 N–H and O–H groups in total. The maximum Gasteiger partial charge on any atom is 0.163 e. The van der Waals surface area contributed by atoms with Crippen LogP contribution in [-0.4, -0.2) is 16.5 Å². The van der Waals surface area contributed by atoms with E-state index in [-0.39, 0.29) is 6.61 Å². The highest BCUT2D eigenvalue weighted by Gasteiger charge is 2.02. The number of terminal acetylenes is 1. The van der Waals surface area contributed by atoms with Crippen LogP contribution < -0.4 is 10.6 Å². The molecule has 58 valence electrons. The Bertz CT molecular complexity index is 284. The average molecular weight is 151 g/mol. The summed E-state index contributed by atoms with van der Waals surface area (Å²) < 4.78 is 5.11. The minimum Gasteiger partial charge on any atom is -0.477 e. The molecule has 0 aliphatic carbocycles.